The molecule has 140 valence electrons. The molecule has 0 radical (unpaired) electrons. The summed E-state index contributed by atoms with van der Waals surface area (Å²) in [4.78, 5) is 23.9. The van der Waals surface area contributed by atoms with Gasteiger partial charge in [-0.25, -0.2) is 0 Å². The molecule has 1 atom stereocenters. The molecule has 1 aromatic rings. The van der Waals surface area contributed by atoms with Gasteiger partial charge < -0.3 is 5.32 Å². The lowest BCUT2D eigenvalue weighted by Crippen LogP contribution is -2.35. The second-order valence-corrected chi connectivity index (χ2v) is 6.92. The lowest BCUT2D eigenvalue weighted by molar-refractivity contribution is -0.384. The monoisotopic (exact) mass is 379 g/mol. The van der Waals surface area contributed by atoms with Crippen LogP contribution in [0.5, 0.6) is 0 Å². The van der Waals surface area contributed by atoms with Crippen molar-refractivity contribution in [2.45, 2.75) is 29.7 Å². The maximum atomic E-state index is 12.2. The Morgan fingerprint density at radius 2 is 1.96 bits per heavy atom. The number of nitro benzene ring substituents is 1. The number of hydrogen-bond acceptors (Lipinski definition) is 5. The van der Waals surface area contributed by atoms with Gasteiger partial charge in [0.05, 0.1) is 16.7 Å². The van der Waals surface area contributed by atoms with Crippen molar-refractivity contribution >= 4 is 23.4 Å². The molecule has 1 aromatic carbocycles. The zero-order chi connectivity index (χ0) is 19.0. The van der Waals surface area contributed by atoms with E-state index >= 15 is 0 Å². The summed E-state index contributed by atoms with van der Waals surface area (Å²) in [5, 5.41) is 12.8. The van der Waals surface area contributed by atoms with Gasteiger partial charge in [-0.05, 0) is 39.1 Å². The summed E-state index contributed by atoms with van der Waals surface area (Å²) in [5.74, 6) is -0.234. The van der Waals surface area contributed by atoms with Crippen LogP contribution in [0.3, 0.4) is 0 Å². The Morgan fingerprint density at radius 3 is 2.48 bits per heavy atom. The molecule has 0 aliphatic heterocycles. The third-order valence-electron chi connectivity index (χ3n) is 3.19. The summed E-state index contributed by atoms with van der Waals surface area (Å²) in [6.45, 7) is 1.22. The molecule has 0 bridgehead atoms. The van der Waals surface area contributed by atoms with E-state index in [2.05, 4.69) is 5.32 Å². The number of amides is 1. The van der Waals surface area contributed by atoms with Gasteiger partial charge >= 0.3 is 6.18 Å². The molecule has 1 rings (SSSR count). The van der Waals surface area contributed by atoms with Crippen LogP contribution in [0.15, 0.2) is 29.2 Å². The first-order chi connectivity index (χ1) is 11.6. The van der Waals surface area contributed by atoms with Gasteiger partial charge in [-0.3, -0.25) is 19.8 Å². The fourth-order valence-corrected chi connectivity index (χ4v) is 2.89. The van der Waals surface area contributed by atoms with E-state index in [-0.39, 0.29) is 24.7 Å². The standard InChI is InChI=1S/C15H20F3N3O3S/c1-11(25-13-6-4-12(5-7-13)21(23)24)14(22)19-8-3-9-20(2)10-15(16,17)18/h4-7,11H,3,8-10H2,1-2H3,(H,19,22). The third kappa shape index (κ3) is 8.73. The molecule has 10 heteroatoms. The second kappa shape index (κ2) is 9.62. The van der Waals surface area contributed by atoms with Gasteiger partial charge in [0, 0.05) is 23.6 Å². The van der Waals surface area contributed by atoms with E-state index in [4.69, 9.17) is 0 Å². The maximum Gasteiger partial charge on any atom is 0.401 e. The van der Waals surface area contributed by atoms with E-state index < -0.39 is 22.9 Å². The first-order valence-electron chi connectivity index (χ1n) is 7.52. The van der Waals surface area contributed by atoms with E-state index in [1.807, 2.05) is 0 Å². The second-order valence-electron chi connectivity index (χ2n) is 5.51. The molecule has 0 aromatic heterocycles. The number of non-ortho nitro benzene ring substituents is 1. The average molecular weight is 379 g/mol. The number of halogens is 3. The zero-order valence-electron chi connectivity index (χ0n) is 13.9. The molecular formula is C15H20F3N3O3S. The largest absolute Gasteiger partial charge is 0.401 e. The van der Waals surface area contributed by atoms with Crippen molar-refractivity contribution in [1.29, 1.82) is 0 Å². The highest BCUT2D eigenvalue weighted by atomic mass is 32.2. The van der Waals surface area contributed by atoms with Crippen LogP contribution in [0, 0.1) is 10.1 Å². The Balaban J connectivity index is 2.31. The Kier molecular flexibility index (Phi) is 8.17. The molecule has 1 amide bonds. The Labute approximate surface area is 147 Å². The quantitative estimate of drug-likeness (QED) is 0.309. The highest BCUT2D eigenvalue weighted by molar-refractivity contribution is 8.00. The minimum atomic E-state index is -4.23. The number of nitro groups is 1. The van der Waals surface area contributed by atoms with Crippen molar-refractivity contribution in [3.05, 3.63) is 34.4 Å². The topological polar surface area (TPSA) is 75.5 Å². The van der Waals surface area contributed by atoms with Crippen LogP contribution < -0.4 is 5.32 Å². The van der Waals surface area contributed by atoms with E-state index in [1.165, 1.54) is 30.9 Å². The van der Waals surface area contributed by atoms with Crippen LogP contribution in [0.1, 0.15) is 13.3 Å². The van der Waals surface area contributed by atoms with Gasteiger partial charge in [0.1, 0.15) is 0 Å². The van der Waals surface area contributed by atoms with Crippen molar-refractivity contribution in [1.82, 2.24) is 10.2 Å². The van der Waals surface area contributed by atoms with E-state index in [9.17, 15) is 28.1 Å². The Morgan fingerprint density at radius 1 is 1.36 bits per heavy atom. The van der Waals surface area contributed by atoms with Crippen molar-refractivity contribution in [2.75, 3.05) is 26.7 Å². The molecule has 0 aliphatic carbocycles. The fourth-order valence-electron chi connectivity index (χ4n) is 1.99. The number of alkyl halides is 3. The van der Waals surface area contributed by atoms with E-state index in [0.717, 1.165) is 9.80 Å². The fraction of sp³-hybridized carbons (Fsp3) is 0.533. The van der Waals surface area contributed by atoms with Crippen LogP contribution in [0.2, 0.25) is 0 Å². The number of thioether (sulfide) groups is 1. The average Bonchev–Trinajstić information content (AvgIpc) is 2.50. The number of carbonyl (C=O) groups excluding carboxylic acids is 1. The smallest absolute Gasteiger partial charge is 0.355 e. The molecule has 0 heterocycles. The van der Waals surface area contributed by atoms with Crippen molar-refractivity contribution < 1.29 is 22.9 Å². The predicted octanol–water partition coefficient (Wildman–Crippen LogP) is 3.08. The third-order valence-corrected chi connectivity index (χ3v) is 4.31. The first kappa shape index (κ1) is 21.2. The molecule has 1 unspecified atom stereocenters. The normalized spacial score (nSPS) is 12.9. The Hall–Kier alpha value is -1.81. The molecule has 0 aliphatic rings. The maximum absolute atomic E-state index is 12.2. The van der Waals surface area contributed by atoms with Crippen molar-refractivity contribution in [3.8, 4) is 0 Å². The van der Waals surface area contributed by atoms with Gasteiger partial charge in [-0.1, -0.05) is 0 Å². The van der Waals surface area contributed by atoms with Gasteiger partial charge in [-0.15, -0.1) is 11.8 Å². The summed E-state index contributed by atoms with van der Waals surface area (Å²) in [6, 6.07) is 5.87. The van der Waals surface area contributed by atoms with Crippen LogP contribution in [0.25, 0.3) is 0 Å². The summed E-state index contributed by atoms with van der Waals surface area (Å²) >= 11 is 1.25. The van der Waals surface area contributed by atoms with Gasteiger partial charge in [0.2, 0.25) is 5.91 Å². The number of nitrogens with one attached hydrogen (secondary N) is 1. The molecule has 0 saturated carbocycles. The van der Waals surface area contributed by atoms with Crippen LogP contribution in [0.4, 0.5) is 18.9 Å². The van der Waals surface area contributed by atoms with E-state index in [0.29, 0.717) is 6.42 Å². The van der Waals surface area contributed by atoms with Gasteiger partial charge in [0.25, 0.3) is 5.69 Å². The zero-order valence-corrected chi connectivity index (χ0v) is 14.7. The SMILES string of the molecule is CC(Sc1ccc([N+](=O)[O-])cc1)C(=O)NCCCN(C)CC(F)(F)F. The number of hydrogen-bond donors (Lipinski definition) is 1. The minimum absolute atomic E-state index is 0.0237. The van der Waals surface area contributed by atoms with Gasteiger partial charge in [0.15, 0.2) is 0 Å². The lowest BCUT2D eigenvalue weighted by atomic mass is 10.3. The number of benzene rings is 1. The molecule has 1 N–H and O–H groups in total. The lowest BCUT2D eigenvalue weighted by Gasteiger charge is -2.18. The Bertz CT molecular complexity index is 582. The molecule has 0 spiro atoms. The summed E-state index contributed by atoms with van der Waals surface area (Å²) in [7, 11) is 1.38. The number of rotatable bonds is 9. The molecule has 0 fully saturated rings. The van der Waals surface area contributed by atoms with Crippen LogP contribution in [-0.2, 0) is 4.79 Å². The highest BCUT2D eigenvalue weighted by Gasteiger charge is 2.28. The van der Waals surface area contributed by atoms with Crippen LogP contribution in [-0.4, -0.2) is 53.8 Å². The summed E-state index contributed by atoms with van der Waals surface area (Å²) < 4.78 is 36.5. The minimum Gasteiger partial charge on any atom is -0.355 e. The molecule has 25 heavy (non-hydrogen) atoms. The van der Waals surface area contributed by atoms with Crippen molar-refractivity contribution in [2.24, 2.45) is 0 Å². The van der Waals surface area contributed by atoms with E-state index in [1.54, 1.807) is 19.1 Å². The molecule has 6 nitrogen and oxygen atoms in total. The highest BCUT2D eigenvalue weighted by Crippen LogP contribution is 2.25. The first-order valence-corrected chi connectivity index (χ1v) is 8.40. The summed E-state index contributed by atoms with van der Waals surface area (Å²) in [6.07, 6.45) is -3.82. The van der Waals surface area contributed by atoms with Gasteiger partial charge in [-0.2, -0.15) is 13.2 Å². The number of carbonyl (C=O) groups is 1. The molecular weight excluding hydrogens is 359 g/mol. The van der Waals surface area contributed by atoms with Crippen LogP contribution >= 0.6 is 11.8 Å². The van der Waals surface area contributed by atoms with Crippen molar-refractivity contribution in [3.63, 3.8) is 0 Å². The number of nitrogens with zero attached hydrogens (tertiary/aromatic N) is 2. The predicted molar refractivity (Wildman–Crippen MR) is 89.6 cm³/mol. The summed E-state index contributed by atoms with van der Waals surface area (Å²) in [5.41, 5.74) is -0.0237. The molecule has 0 saturated heterocycles.